The first-order chi connectivity index (χ1) is 9.79. The molecule has 0 aromatic carbocycles. The SMILES string of the molecule is CCNC(=NCCCN(C)C1CCCCC1)NC1CC1. The van der Waals surface area contributed by atoms with Gasteiger partial charge in [0.25, 0.3) is 0 Å². The van der Waals surface area contributed by atoms with Gasteiger partial charge in [-0.15, -0.1) is 0 Å². The lowest BCUT2D eigenvalue weighted by molar-refractivity contribution is 0.191. The molecule has 2 fully saturated rings. The van der Waals surface area contributed by atoms with E-state index in [0.717, 1.165) is 31.5 Å². The Morgan fingerprint density at radius 3 is 2.55 bits per heavy atom. The normalized spacial score (nSPS) is 21.2. The van der Waals surface area contributed by atoms with Crippen molar-refractivity contribution in [3.05, 3.63) is 0 Å². The number of hydrogen-bond acceptors (Lipinski definition) is 2. The Hall–Kier alpha value is -0.770. The summed E-state index contributed by atoms with van der Waals surface area (Å²) < 4.78 is 0. The molecular formula is C16H32N4. The van der Waals surface area contributed by atoms with Gasteiger partial charge in [0.15, 0.2) is 5.96 Å². The average Bonchev–Trinajstić information content (AvgIpc) is 3.28. The van der Waals surface area contributed by atoms with Crippen molar-refractivity contribution < 1.29 is 0 Å². The fourth-order valence-electron chi connectivity index (χ4n) is 2.96. The van der Waals surface area contributed by atoms with Gasteiger partial charge in [0, 0.05) is 25.2 Å². The Kier molecular flexibility index (Phi) is 6.64. The molecule has 20 heavy (non-hydrogen) atoms. The molecule has 0 radical (unpaired) electrons. The third-order valence-corrected chi connectivity index (χ3v) is 4.40. The van der Waals surface area contributed by atoms with E-state index in [-0.39, 0.29) is 0 Å². The number of nitrogens with zero attached hydrogens (tertiary/aromatic N) is 2. The minimum Gasteiger partial charge on any atom is -0.357 e. The molecule has 2 N–H and O–H groups in total. The smallest absolute Gasteiger partial charge is 0.191 e. The van der Waals surface area contributed by atoms with E-state index in [0.29, 0.717) is 6.04 Å². The highest BCUT2D eigenvalue weighted by molar-refractivity contribution is 5.80. The highest BCUT2D eigenvalue weighted by Gasteiger charge is 2.22. The van der Waals surface area contributed by atoms with E-state index in [2.05, 4.69) is 34.5 Å². The first-order valence-corrected chi connectivity index (χ1v) is 8.54. The van der Waals surface area contributed by atoms with Crippen molar-refractivity contribution in [3.63, 3.8) is 0 Å². The van der Waals surface area contributed by atoms with E-state index in [9.17, 15) is 0 Å². The molecule has 2 aliphatic carbocycles. The number of nitrogens with one attached hydrogen (secondary N) is 2. The standard InChI is InChI=1S/C16H32N4/c1-3-17-16(19-14-10-11-14)18-12-7-13-20(2)15-8-5-4-6-9-15/h14-15H,3-13H2,1-2H3,(H2,17,18,19). The Morgan fingerprint density at radius 2 is 1.90 bits per heavy atom. The summed E-state index contributed by atoms with van der Waals surface area (Å²) in [4.78, 5) is 7.23. The molecule has 0 aromatic heterocycles. The molecule has 2 aliphatic rings. The van der Waals surface area contributed by atoms with Crippen molar-refractivity contribution >= 4 is 5.96 Å². The maximum atomic E-state index is 4.68. The number of guanidine groups is 1. The summed E-state index contributed by atoms with van der Waals surface area (Å²) >= 11 is 0. The van der Waals surface area contributed by atoms with Crippen LogP contribution < -0.4 is 10.6 Å². The zero-order chi connectivity index (χ0) is 14.2. The van der Waals surface area contributed by atoms with Gasteiger partial charge in [-0.2, -0.15) is 0 Å². The van der Waals surface area contributed by atoms with Crippen molar-refractivity contribution in [2.24, 2.45) is 4.99 Å². The van der Waals surface area contributed by atoms with Crippen molar-refractivity contribution in [1.82, 2.24) is 15.5 Å². The van der Waals surface area contributed by atoms with Gasteiger partial charge in [-0.3, -0.25) is 4.99 Å². The maximum absolute atomic E-state index is 4.68. The number of rotatable bonds is 7. The molecule has 0 unspecified atom stereocenters. The van der Waals surface area contributed by atoms with Crippen LogP contribution >= 0.6 is 0 Å². The fraction of sp³-hybridized carbons (Fsp3) is 0.938. The summed E-state index contributed by atoms with van der Waals surface area (Å²) in [6.07, 6.45) is 10.8. The van der Waals surface area contributed by atoms with Crippen LogP contribution in [0, 0.1) is 0 Å². The monoisotopic (exact) mass is 280 g/mol. The predicted octanol–water partition coefficient (Wildman–Crippen LogP) is 2.36. The summed E-state index contributed by atoms with van der Waals surface area (Å²) in [6.45, 7) is 5.18. The summed E-state index contributed by atoms with van der Waals surface area (Å²) in [7, 11) is 2.29. The first kappa shape index (κ1) is 15.6. The van der Waals surface area contributed by atoms with Crippen molar-refractivity contribution in [3.8, 4) is 0 Å². The molecule has 0 saturated heterocycles. The van der Waals surface area contributed by atoms with Crippen LogP contribution in [0.5, 0.6) is 0 Å². The molecule has 0 aliphatic heterocycles. The second-order valence-electron chi connectivity index (χ2n) is 6.31. The summed E-state index contributed by atoms with van der Waals surface area (Å²) in [5, 5.41) is 6.80. The summed E-state index contributed by atoms with van der Waals surface area (Å²) in [5.41, 5.74) is 0. The molecule has 0 aromatic rings. The minimum absolute atomic E-state index is 0.678. The third-order valence-electron chi connectivity index (χ3n) is 4.40. The van der Waals surface area contributed by atoms with E-state index in [1.54, 1.807) is 0 Å². The average molecular weight is 280 g/mol. The molecule has 0 heterocycles. The van der Waals surface area contributed by atoms with Crippen molar-refractivity contribution in [2.75, 3.05) is 26.7 Å². The minimum atomic E-state index is 0.678. The molecule has 0 spiro atoms. The molecule has 4 heteroatoms. The molecule has 0 atom stereocenters. The molecule has 116 valence electrons. The van der Waals surface area contributed by atoms with Crippen molar-refractivity contribution in [1.29, 1.82) is 0 Å². The predicted molar refractivity (Wildman–Crippen MR) is 86.3 cm³/mol. The Labute approximate surface area is 124 Å². The van der Waals surface area contributed by atoms with Gasteiger partial charge < -0.3 is 15.5 Å². The second-order valence-corrected chi connectivity index (χ2v) is 6.31. The maximum Gasteiger partial charge on any atom is 0.191 e. The molecule has 4 nitrogen and oxygen atoms in total. The van der Waals surface area contributed by atoms with Crippen molar-refractivity contribution in [2.45, 2.75) is 70.4 Å². The lowest BCUT2D eigenvalue weighted by atomic mass is 9.94. The summed E-state index contributed by atoms with van der Waals surface area (Å²) in [6, 6.07) is 1.50. The molecule has 0 amide bonds. The van der Waals surface area contributed by atoms with Gasteiger partial charge in [0.1, 0.15) is 0 Å². The van der Waals surface area contributed by atoms with Crippen LogP contribution in [-0.2, 0) is 0 Å². The summed E-state index contributed by atoms with van der Waals surface area (Å²) in [5.74, 6) is 1.01. The van der Waals surface area contributed by atoms with Gasteiger partial charge in [-0.1, -0.05) is 19.3 Å². The molecule has 2 rings (SSSR count). The fourth-order valence-corrected chi connectivity index (χ4v) is 2.96. The van der Waals surface area contributed by atoms with Gasteiger partial charge in [0.05, 0.1) is 0 Å². The highest BCUT2D eigenvalue weighted by Crippen LogP contribution is 2.21. The van der Waals surface area contributed by atoms with Crippen LogP contribution in [0.25, 0.3) is 0 Å². The zero-order valence-corrected chi connectivity index (χ0v) is 13.3. The van der Waals surface area contributed by atoms with Crippen LogP contribution in [0.4, 0.5) is 0 Å². The number of hydrogen-bond donors (Lipinski definition) is 2. The van der Waals surface area contributed by atoms with E-state index in [1.165, 1.54) is 51.5 Å². The lowest BCUT2D eigenvalue weighted by Gasteiger charge is -2.31. The lowest BCUT2D eigenvalue weighted by Crippen LogP contribution is -2.39. The molecule has 0 bridgehead atoms. The number of aliphatic imine (C=N–C) groups is 1. The van der Waals surface area contributed by atoms with Crippen LogP contribution in [0.15, 0.2) is 4.99 Å². The first-order valence-electron chi connectivity index (χ1n) is 8.54. The van der Waals surface area contributed by atoms with Crippen LogP contribution in [0.2, 0.25) is 0 Å². The molecular weight excluding hydrogens is 248 g/mol. The van der Waals surface area contributed by atoms with Crippen LogP contribution in [0.1, 0.15) is 58.3 Å². The van der Waals surface area contributed by atoms with Gasteiger partial charge in [-0.25, -0.2) is 0 Å². The Balaban J connectivity index is 1.62. The van der Waals surface area contributed by atoms with Gasteiger partial charge in [0.2, 0.25) is 0 Å². The van der Waals surface area contributed by atoms with Crippen LogP contribution in [0.3, 0.4) is 0 Å². The largest absolute Gasteiger partial charge is 0.357 e. The second kappa shape index (κ2) is 8.50. The topological polar surface area (TPSA) is 39.7 Å². The van der Waals surface area contributed by atoms with E-state index >= 15 is 0 Å². The van der Waals surface area contributed by atoms with Crippen LogP contribution in [-0.4, -0.2) is 49.6 Å². The zero-order valence-electron chi connectivity index (χ0n) is 13.3. The Morgan fingerprint density at radius 1 is 1.15 bits per heavy atom. The van der Waals surface area contributed by atoms with Gasteiger partial charge in [-0.05, 0) is 52.6 Å². The van der Waals surface area contributed by atoms with E-state index in [4.69, 9.17) is 0 Å². The van der Waals surface area contributed by atoms with E-state index < -0.39 is 0 Å². The van der Waals surface area contributed by atoms with Gasteiger partial charge >= 0.3 is 0 Å². The molecule has 2 saturated carbocycles. The quantitative estimate of drug-likeness (QED) is 0.427. The van der Waals surface area contributed by atoms with E-state index in [1.807, 2.05) is 0 Å². The highest BCUT2D eigenvalue weighted by atomic mass is 15.2. The third kappa shape index (κ3) is 5.70. The Bertz CT molecular complexity index is 293.